The molecular weight excluding hydrogens is 374 g/mol. The summed E-state index contributed by atoms with van der Waals surface area (Å²) in [6.45, 7) is 0.611. The Balaban J connectivity index is 1.69. The van der Waals surface area contributed by atoms with Crippen LogP contribution in [0.15, 0.2) is 40.1 Å². The fourth-order valence-corrected chi connectivity index (χ4v) is 5.46. The van der Waals surface area contributed by atoms with Gasteiger partial charge in [-0.25, -0.2) is 9.36 Å². The summed E-state index contributed by atoms with van der Waals surface area (Å²) in [7, 11) is 0. The lowest BCUT2D eigenvalue weighted by Gasteiger charge is -2.10. The number of hydrogen-bond donors (Lipinski definition) is 1. The van der Waals surface area contributed by atoms with E-state index >= 15 is 0 Å². The summed E-state index contributed by atoms with van der Waals surface area (Å²) in [5.41, 5.74) is 2.00. The van der Waals surface area contributed by atoms with Gasteiger partial charge in [-0.2, -0.15) is 0 Å². The number of nitrogens with one attached hydrogen (secondary N) is 1. The molecule has 0 amide bonds. The molecule has 0 spiro atoms. The van der Waals surface area contributed by atoms with Crippen LogP contribution >= 0.6 is 11.3 Å². The third-order valence-electron chi connectivity index (χ3n) is 5.51. The van der Waals surface area contributed by atoms with E-state index in [4.69, 9.17) is 0 Å². The topological polar surface area (TPSA) is 76.9 Å². The zero-order valence-corrected chi connectivity index (χ0v) is 16.1. The van der Waals surface area contributed by atoms with Crippen molar-refractivity contribution in [3.63, 3.8) is 0 Å². The van der Waals surface area contributed by atoms with Crippen LogP contribution in [-0.2, 0) is 24.2 Å². The maximum atomic E-state index is 13.3. The van der Waals surface area contributed by atoms with Crippen molar-refractivity contribution >= 4 is 38.7 Å². The van der Waals surface area contributed by atoms with E-state index in [0.717, 1.165) is 48.4 Å². The number of hydrogen-bond acceptors (Lipinski definition) is 4. The SMILES string of the molecule is O=CCCn1ccc2cc(-n3c(=O)[nH]c4sc5c(c4c3=O)CCCC5)ccc21. The first-order valence-electron chi connectivity index (χ1n) is 9.50. The number of carbonyl (C=O) groups is 1. The second-order valence-electron chi connectivity index (χ2n) is 7.19. The molecule has 0 bridgehead atoms. The number of carbonyl (C=O) groups excluding carboxylic acids is 1. The molecule has 142 valence electrons. The molecule has 0 fully saturated rings. The van der Waals surface area contributed by atoms with Gasteiger partial charge in [-0.05, 0) is 55.5 Å². The highest BCUT2D eigenvalue weighted by Gasteiger charge is 2.21. The average Bonchev–Trinajstić information content (AvgIpc) is 3.26. The molecule has 1 N–H and O–H groups in total. The molecule has 3 heterocycles. The fourth-order valence-electron chi connectivity index (χ4n) is 4.19. The highest BCUT2D eigenvalue weighted by Crippen LogP contribution is 2.33. The van der Waals surface area contributed by atoms with Crippen LogP contribution in [0.5, 0.6) is 0 Å². The largest absolute Gasteiger partial charge is 0.347 e. The van der Waals surface area contributed by atoms with Crippen LogP contribution in [0.3, 0.4) is 0 Å². The first-order valence-corrected chi connectivity index (χ1v) is 10.3. The summed E-state index contributed by atoms with van der Waals surface area (Å²) in [4.78, 5) is 41.5. The van der Waals surface area contributed by atoms with Gasteiger partial charge >= 0.3 is 5.69 Å². The lowest BCUT2D eigenvalue weighted by molar-refractivity contribution is -0.108. The number of aldehydes is 1. The maximum absolute atomic E-state index is 13.3. The smallest absolute Gasteiger partial charge is 0.334 e. The van der Waals surface area contributed by atoms with Crippen LogP contribution in [0.2, 0.25) is 0 Å². The molecule has 5 rings (SSSR count). The quantitative estimate of drug-likeness (QED) is 0.541. The second kappa shape index (κ2) is 6.60. The van der Waals surface area contributed by atoms with Gasteiger partial charge in [0.05, 0.1) is 11.1 Å². The molecule has 28 heavy (non-hydrogen) atoms. The Morgan fingerprint density at radius 2 is 2.00 bits per heavy atom. The fraction of sp³-hybridized carbons (Fsp3) is 0.286. The molecule has 1 aliphatic rings. The molecule has 0 saturated carbocycles. The lowest BCUT2D eigenvalue weighted by Crippen LogP contribution is -2.33. The summed E-state index contributed by atoms with van der Waals surface area (Å²) >= 11 is 1.54. The minimum absolute atomic E-state index is 0.238. The number of rotatable bonds is 4. The van der Waals surface area contributed by atoms with E-state index in [1.54, 1.807) is 17.4 Å². The minimum Gasteiger partial charge on any atom is -0.347 e. The Kier molecular flexibility index (Phi) is 4.05. The van der Waals surface area contributed by atoms with E-state index in [-0.39, 0.29) is 5.56 Å². The van der Waals surface area contributed by atoms with Crippen molar-refractivity contribution in [2.45, 2.75) is 38.6 Å². The van der Waals surface area contributed by atoms with Gasteiger partial charge in [-0.15, -0.1) is 11.3 Å². The molecule has 0 unspecified atom stereocenters. The van der Waals surface area contributed by atoms with Crippen molar-refractivity contribution in [1.82, 2.24) is 14.1 Å². The molecule has 3 aromatic heterocycles. The molecule has 1 aliphatic carbocycles. The standard InChI is InChI=1S/C21H19N3O3S/c25-11-3-9-23-10-8-13-12-14(6-7-16(13)23)24-20(26)18-15-4-1-2-5-17(15)28-19(18)22-21(24)27/h6-8,10-12H,1-5,9H2,(H,22,27). The number of H-pyrrole nitrogens is 1. The van der Waals surface area contributed by atoms with Crippen molar-refractivity contribution in [3.8, 4) is 5.69 Å². The molecule has 0 atom stereocenters. The Bertz CT molecular complexity index is 1340. The normalized spacial score (nSPS) is 13.9. The molecular formula is C21H19N3O3S. The van der Waals surface area contributed by atoms with Crippen LogP contribution < -0.4 is 11.2 Å². The number of benzene rings is 1. The monoisotopic (exact) mass is 393 g/mol. The summed E-state index contributed by atoms with van der Waals surface area (Å²) in [5.74, 6) is 0. The van der Waals surface area contributed by atoms with Crippen LogP contribution in [-0.4, -0.2) is 20.4 Å². The summed E-state index contributed by atoms with van der Waals surface area (Å²) in [6, 6.07) is 7.48. The second-order valence-corrected chi connectivity index (χ2v) is 8.30. The van der Waals surface area contributed by atoms with Gasteiger partial charge < -0.3 is 9.36 Å². The predicted octanol–water partition coefficient (Wildman–Crippen LogP) is 3.16. The maximum Gasteiger partial charge on any atom is 0.334 e. The molecule has 0 saturated heterocycles. The molecule has 0 aliphatic heterocycles. The van der Waals surface area contributed by atoms with Crippen molar-refractivity contribution in [2.24, 2.45) is 0 Å². The van der Waals surface area contributed by atoms with E-state index in [1.807, 2.05) is 29.0 Å². The van der Waals surface area contributed by atoms with E-state index < -0.39 is 5.69 Å². The van der Waals surface area contributed by atoms with Crippen LogP contribution in [0.1, 0.15) is 29.7 Å². The van der Waals surface area contributed by atoms with Gasteiger partial charge in [0.1, 0.15) is 11.1 Å². The van der Waals surface area contributed by atoms with Crippen LogP contribution in [0.25, 0.3) is 26.8 Å². The number of aromatic nitrogens is 3. The number of aryl methyl sites for hydroxylation is 3. The molecule has 6 nitrogen and oxygen atoms in total. The van der Waals surface area contributed by atoms with Gasteiger partial charge in [0.25, 0.3) is 5.56 Å². The van der Waals surface area contributed by atoms with Gasteiger partial charge in [0, 0.05) is 34.9 Å². The van der Waals surface area contributed by atoms with E-state index in [9.17, 15) is 14.4 Å². The van der Waals surface area contributed by atoms with Crippen molar-refractivity contribution < 1.29 is 4.79 Å². The van der Waals surface area contributed by atoms with Gasteiger partial charge in [-0.3, -0.25) is 9.78 Å². The average molecular weight is 393 g/mol. The first-order chi connectivity index (χ1) is 13.7. The third kappa shape index (κ3) is 2.57. The Morgan fingerprint density at radius 1 is 1.14 bits per heavy atom. The van der Waals surface area contributed by atoms with E-state index in [2.05, 4.69) is 4.98 Å². The van der Waals surface area contributed by atoms with Crippen molar-refractivity contribution in [2.75, 3.05) is 0 Å². The van der Waals surface area contributed by atoms with Gasteiger partial charge in [-0.1, -0.05) is 0 Å². The number of fused-ring (bicyclic) bond motifs is 4. The zero-order chi connectivity index (χ0) is 19.3. The first kappa shape index (κ1) is 17.2. The van der Waals surface area contributed by atoms with E-state index in [1.165, 1.54) is 9.44 Å². The zero-order valence-electron chi connectivity index (χ0n) is 15.2. The van der Waals surface area contributed by atoms with Crippen LogP contribution in [0.4, 0.5) is 0 Å². The number of thiophene rings is 1. The van der Waals surface area contributed by atoms with E-state index in [0.29, 0.717) is 28.9 Å². The molecule has 7 heteroatoms. The summed E-state index contributed by atoms with van der Waals surface area (Å²) in [6.07, 6.45) is 7.36. The Hall–Kier alpha value is -2.93. The minimum atomic E-state index is -0.407. The molecule has 4 aromatic rings. The molecule has 1 aromatic carbocycles. The lowest BCUT2D eigenvalue weighted by atomic mass is 9.97. The van der Waals surface area contributed by atoms with Gasteiger partial charge in [0.2, 0.25) is 0 Å². The summed E-state index contributed by atoms with van der Waals surface area (Å²) < 4.78 is 3.24. The Morgan fingerprint density at radius 3 is 2.86 bits per heavy atom. The Labute approximate surface area is 164 Å². The predicted molar refractivity (Wildman–Crippen MR) is 111 cm³/mol. The highest BCUT2D eigenvalue weighted by atomic mass is 32.1. The number of nitrogens with zero attached hydrogens (tertiary/aromatic N) is 2. The van der Waals surface area contributed by atoms with Gasteiger partial charge in [0.15, 0.2) is 0 Å². The number of aromatic amines is 1. The highest BCUT2D eigenvalue weighted by molar-refractivity contribution is 7.18. The summed E-state index contributed by atoms with van der Waals surface area (Å²) in [5, 5.41) is 1.60. The third-order valence-corrected chi connectivity index (χ3v) is 6.72. The molecule has 0 radical (unpaired) electrons. The van der Waals surface area contributed by atoms with Crippen molar-refractivity contribution in [3.05, 3.63) is 61.7 Å². The van der Waals surface area contributed by atoms with Crippen LogP contribution in [0, 0.1) is 0 Å². The van der Waals surface area contributed by atoms with Crippen molar-refractivity contribution in [1.29, 1.82) is 0 Å².